The predicted molar refractivity (Wildman–Crippen MR) is 84.0 cm³/mol. The first-order valence-corrected chi connectivity index (χ1v) is 7.32. The molecule has 3 heteroatoms. The Morgan fingerprint density at radius 2 is 1.80 bits per heavy atom. The molecule has 1 aromatic heterocycles. The zero-order valence-electron chi connectivity index (χ0n) is 13.2. The maximum absolute atomic E-state index is 4.51. The van der Waals surface area contributed by atoms with E-state index in [1.54, 1.807) is 0 Å². The van der Waals surface area contributed by atoms with E-state index in [0.29, 0.717) is 6.04 Å². The molecule has 0 bridgehead atoms. The molecule has 20 heavy (non-hydrogen) atoms. The molecule has 1 aromatic carbocycles. The second-order valence-corrected chi connectivity index (χ2v) is 5.60. The van der Waals surface area contributed by atoms with Crippen LogP contribution in [0.15, 0.2) is 24.4 Å². The van der Waals surface area contributed by atoms with Gasteiger partial charge in [0.1, 0.15) is 0 Å². The summed E-state index contributed by atoms with van der Waals surface area (Å²) in [6.07, 6.45) is 2.05. The molecule has 1 heterocycles. The van der Waals surface area contributed by atoms with Crippen LogP contribution >= 0.6 is 0 Å². The minimum atomic E-state index is 0.305. The van der Waals surface area contributed by atoms with Gasteiger partial charge in [-0.15, -0.1) is 0 Å². The second-order valence-electron chi connectivity index (χ2n) is 5.60. The SMILES string of the molecule is CCNC(Cn1ccc(C)n1)c1c(C)cc(C)cc1C. The minimum Gasteiger partial charge on any atom is -0.309 e. The number of rotatable bonds is 5. The molecule has 1 unspecified atom stereocenters. The van der Waals surface area contributed by atoms with Gasteiger partial charge >= 0.3 is 0 Å². The molecule has 0 radical (unpaired) electrons. The lowest BCUT2D eigenvalue weighted by Crippen LogP contribution is -2.27. The highest BCUT2D eigenvalue weighted by atomic mass is 15.3. The molecular weight excluding hydrogens is 246 g/mol. The van der Waals surface area contributed by atoms with Crippen LogP contribution in [-0.4, -0.2) is 16.3 Å². The summed E-state index contributed by atoms with van der Waals surface area (Å²) in [5.41, 5.74) is 6.52. The average Bonchev–Trinajstić information content (AvgIpc) is 2.73. The molecular formula is C17H25N3. The van der Waals surface area contributed by atoms with Gasteiger partial charge in [-0.25, -0.2) is 0 Å². The first-order valence-electron chi connectivity index (χ1n) is 7.32. The molecule has 0 fully saturated rings. The van der Waals surface area contributed by atoms with Crippen LogP contribution < -0.4 is 5.32 Å². The lowest BCUT2D eigenvalue weighted by Gasteiger charge is -2.23. The molecule has 0 amide bonds. The first kappa shape index (κ1) is 14.8. The monoisotopic (exact) mass is 271 g/mol. The summed E-state index contributed by atoms with van der Waals surface area (Å²) < 4.78 is 2.03. The van der Waals surface area contributed by atoms with E-state index in [0.717, 1.165) is 18.8 Å². The Hall–Kier alpha value is -1.61. The van der Waals surface area contributed by atoms with Crippen molar-refractivity contribution >= 4 is 0 Å². The third kappa shape index (κ3) is 3.28. The van der Waals surface area contributed by atoms with Gasteiger partial charge in [0, 0.05) is 6.20 Å². The highest BCUT2D eigenvalue weighted by molar-refractivity contribution is 5.39. The summed E-state index contributed by atoms with van der Waals surface area (Å²) in [5, 5.41) is 8.11. The molecule has 108 valence electrons. The Morgan fingerprint density at radius 1 is 1.15 bits per heavy atom. The number of aryl methyl sites for hydroxylation is 4. The van der Waals surface area contributed by atoms with Gasteiger partial charge in [0.05, 0.1) is 18.3 Å². The van der Waals surface area contributed by atoms with Gasteiger partial charge in [-0.1, -0.05) is 24.6 Å². The van der Waals surface area contributed by atoms with Crippen LogP contribution in [0, 0.1) is 27.7 Å². The number of nitrogens with one attached hydrogen (secondary N) is 1. The third-order valence-electron chi connectivity index (χ3n) is 3.68. The van der Waals surface area contributed by atoms with Crippen LogP contribution in [0.1, 0.15) is 40.9 Å². The van der Waals surface area contributed by atoms with E-state index in [4.69, 9.17) is 0 Å². The fourth-order valence-corrected chi connectivity index (χ4v) is 3.00. The van der Waals surface area contributed by atoms with Crippen LogP contribution in [0.3, 0.4) is 0 Å². The zero-order valence-corrected chi connectivity index (χ0v) is 13.2. The van der Waals surface area contributed by atoms with E-state index in [1.807, 2.05) is 11.6 Å². The van der Waals surface area contributed by atoms with Crippen molar-refractivity contribution in [2.24, 2.45) is 0 Å². The van der Waals surface area contributed by atoms with Gasteiger partial charge in [-0.2, -0.15) is 5.10 Å². The zero-order chi connectivity index (χ0) is 14.7. The van der Waals surface area contributed by atoms with Crippen LogP contribution in [-0.2, 0) is 6.54 Å². The average molecular weight is 271 g/mol. The smallest absolute Gasteiger partial charge is 0.0604 e. The molecule has 0 aliphatic heterocycles. The van der Waals surface area contributed by atoms with Crippen LogP contribution in [0.25, 0.3) is 0 Å². The lowest BCUT2D eigenvalue weighted by atomic mass is 9.94. The molecule has 0 aliphatic carbocycles. The van der Waals surface area contributed by atoms with Gasteiger partial charge in [0.25, 0.3) is 0 Å². The number of benzene rings is 1. The Balaban J connectivity index is 2.33. The summed E-state index contributed by atoms with van der Waals surface area (Å²) in [7, 11) is 0. The summed E-state index contributed by atoms with van der Waals surface area (Å²) in [6.45, 7) is 12.6. The van der Waals surface area contributed by atoms with Crippen molar-refractivity contribution in [3.8, 4) is 0 Å². The van der Waals surface area contributed by atoms with Crippen molar-refractivity contribution in [1.29, 1.82) is 0 Å². The van der Waals surface area contributed by atoms with Gasteiger partial charge in [-0.3, -0.25) is 4.68 Å². The number of likely N-dealkylation sites (N-methyl/N-ethyl adjacent to an activating group) is 1. The molecule has 0 saturated carbocycles. The highest BCUT2D eigenvalue weighted by Crippen LogP contribution is 2.24. The number of hydrogen-bond acceptors (Lipinski definition) is 2. The van der Waals surface area contributed by atoms with Crippen LogP contribution in [0.2, 0.25) is 0 Å². The molecule has 0 spiro atoms. The summed E-state index contributed by atoms with van der Waals surface area (Å²) in [6, 6.07) is 6.89. The highest BCUT2D eigenvalue weighted by Gasteiger charge is 2.16. The molecule has 2 aromatic rings. The third-order valence-corrected chi connectivity index (χ3v) is 3.68. The van der Waals surface area contributed by atoms with E-state index in [2.05, 4.69) is 62.5 Å². The maximum atomic E-state index is 4.51. The fraction of sp³-hybridized carbons (Fsp3) is 0.471. The van der Waals surface area contributed by atoms with Crippen molar-refractivity contribution < 1.29 is 0 Å². The fourth-order valence-electron chi connectivity index (χ4n) is 3.00. The standard InChI is InChI=1S/C17H25N3/c1-6-18-16(11-20-8-7-15(5)19-20)17-13(3)9-12(2)10-14(17)4/h7-10,16,18H,6,11H2,1-5H3. The Morgan fingerprint density at radius 3 is 2.30 bits per heavy atom. The summed E-state index contributed by atoms with van der Waals surface area (Å²) in [5.74, 6) is 0. The van der Waals surface area contributed by atoms with E-state index in [-0.39, 0.29) is 0 Å². The molecule has 3 nitrogen and oxygen atoms in total. The van der Waals surface area contributed by atoms with Gasteiger partial charge < -0.3 is 5.32 Å². The lowest BCUT2D eigenvalue weighted by molar-refractivity contribution is 0.444. The largest absolute Gasteiger partial charge is 0.309 e. The molecule has 1 N–H and O–H groups in total. The normalized spacial score (nSPS) is 12.7. The van der Waals surface area contributed by atoms with E-state index >= 15 is 0 Å². The molecule has 0 aliphatic rings. The topological polar surface area (TPSA) is 29.9 Å². The first-order chi connectivity index (χ1) is 9.51. The predicted octanol–water partition coefficient (Wildman–Crippen LogP) is 3.47. The summed E-state index contributed by atoms with van der Waals surface area (Å²) in [4.78, 5) is 0. The van der Waals surface area contributed by atoms with Gasteiger partial charge in [0.2, 0.25) is 0 Å². The Labute approximate surface area is 122 Å². The number of hydrogen-bond donors (Lipinski definition) is 1. The summed E-state index contributed by atoms with van der Waals surface area (Å²) >= 11 is 0. The Kier molecular flexibility index (Phi) is 4.61. The van der Waals surface area contributed by atoms with Crippen LogP contribution in [0.5, 0.6) is 0 Å². The molecule has 2 rings (SSSR count). The molecule has 0 saturated heterocycles. The number of nitrogens with zero attached hydrogens (tertiary/aromatic N) is 2. The van der Waals surface area contributed by atoms with Crippen molar-refractivity contribution in [1.82, 2.24) is 15.1 Å². The second kappa shape index (κ2) is 6.23. The minimum absolute atomic E-state index is 0.305. The van der Waals surface area contributed by atoms with E-state index in [9.17, 15) is 0 Å². The Bertz CT molecular complexity index is 561. The van der Waals surface area contributed by atoms with E-state index in [1.165, 1.54) is 22.3 Å². The van der Waals surface area contributed by atoms with Crippen molar-refractivity contribution in [3.05, 3.63) is 52.3 Å². The van der Waals surface area contributed by atoms with Crippen molar-refractivity contribution in [2.75, 3.05) is 6.54 Å². The van der Waals surface area contributed by atoms with Crippen LogP contribution in [0.4, 0.5) is 0 Å². The van der Waals surface area contributed by atoms with Crippen molar-refractivity contribution in [2.45, 2.75) is 47.2 Å². The quantitative estimate of drug-likeness (QED) is 0.902. The van der Waals surface area contributed by atoms with E-state index < -0.39 is 0 Å². The van der Waals surface area contributed by atoms with Gasteiger partial charge in [-0.05, 0) is 57.0 Å². The van der Waals surface area contributed by atoms with Gasteiger partial charge in [0.15, 0.2) is 0 Å². The number of aromatic nitrogens is 2. The molecule has 1 atom stereocenters. The maximum Gasteiger partial charge on any atom is 0.0604 e. The van der Waals surface area contributed by atoms with Crippen molar-refractivity contribution in [3.63, 3.8) is 0 Å².